The van der Waals surface area contributed by atoms with Crippen molar-refractivity contribution in [3.63, 3.8) is 0 Å². The van der Waals surface area contributed by atoms with Crippen LogP contribution in [0.1, 0.15) is 62.9 Å². The first kappa shape index (κ1) is 19.4. The highest BCUT2D eigenvalue weighted by molar-refractivity contribution is 5.76. The molecule has 0 unspecified atom stereocenters. The van der Waals surface area contributed by atoms with Gasteiger partial charge in [-0.1, -0.05) is 13.8 Å². The molecule has 6 heteroatoms. The van der Waals surface area contributed by atoms with Crippen molar-refractivity contribution in [2.75, 3.05) is 13.1 Å². The zero-order valence-corrected chi connectivity index (χ0v) is 16.6. The van der Waals surface area contributed by atoms with E-state index in [2.05, 4.69) is 18.9 Å². The third-order valence-corrected chi connectivity index (χ3v) is 6.21. The standard InChI is InChI=1S/C20H33N3O3/c1-5-17-11-16(24)12-20(26-17)7-9-22(10-8-20)19(25)13-23-15(4)18(6-2)14(3)21-23/h16-17,24H,5-13H2,1-4H3/t16-,17+/m1/s1. The average Bonchev–Trinajstić information content (AvgIpc) is 2.87. The van der Waals surface area contributed by atoms with Crippen molar-refractivity contribution >= 4 is 5.91 Å². The minimum atomic E-state index is -0.280. The number of aliphatic hydroxyl groups excluding tert-OH is 1. The van der Waals surface area contributed by atoms with Gasteiger partial charge in [0.1, 0.15) is 6.54 Å². The van der Waals surface area contributed by atoms with Crippen molar-refractivity contribution in [1.29, 1.82) is 0 Å². The zero-order valence-electron chi connectivity index (χ0n) is 16.6. The summed E-state index contributed by atoms with van der Waals surface area (Å²) in [5, 5.41) is 14.7. The minimum Gasteiger partial charge on any atom is -0.393 e. The summed E-state index contributed by atoms with van der Waals surface area (Å²) in [5.41, 5.74) is 3.11. The predicted molar refractivity (Wildman–Crippen MR) is 100 cm³/mol. The van der Waals surface area contributed by atoms with Crippen molar-refractivity contribution in [3.05, 3.63) is 17.0 Å². The summed E-state index contributed by atoms with van der Waals surface area (Å²) in [7, 11) is 0. The molecule has 1 aromatic heterocycles. The lowest BCUT2D eigenvalue weighted by atomic mass is 9.81. The zero-order chi connectivity index (χ0) is 18.9. The van der Waals surface area contributed by atoms with E-state index in [9.17, 15) is 9.90 Å². The highest BCUT2D eigenvalue weighted by Gasteiger charge is 2.43. The van der Waals surface area contributed by atoms with E-state index in [0.717, 1.165) is 43.5 Å². The molecule has 2 saturated heterocycles. The topological polar surface area (TPSA) is 67.6 Å². The second-order valence-electron chi connectivity index (χ2n) is 7.97. The number of amides is 1. The second-order valence-corrected chi connectivity index (χ2v) is 7.97. The third-order valence-electron chi connectivity index (χ3n) is 6.21. The van der Waals surface area contributed by atoms with Crippen LogP contribution in [0.25, 0.3) is 0 Å². The summed E-state index contributed by atoms with van der Waals surface area (Å²) < 4.78 is 8.16. The number of hydrogen-bond acceptors (Lipinski definition) is 4. The van der Waals surface area contributed by atoms with E-state index in [1.165, 1.54) is 5.56 Å². The van der Waals surface area contributed by atoms with Gasteiger partial charge in [-0.15, -0.1) is 0 Å². The Morgan fingerprint density at radius 2 is 2.00 bits per heavy atom. The van der Waals surface area contributed by atoms with Gasteiger partial charge >= 0.3 is 0 Å². The Kier molecular flexibility index (Phi) is 5.72. The molecule has 0 aliphatic carbocycles. The first-order valence-electron chi connectivity index (χ1n) is 10.0. The van der Waals surface area contributed by atoms with E-state index in [-0.39, 0.29) is 23.7 Å². The summed E-state index contributed by atoms with van der Waals surface area (Å²) >= 11 is 0. The number of aliphatic hydroxyl groups is 1. The van der Waals surface area contributed by atoms with Gasteiger partial charge in [-0.3, -0.25) is 9.48 Å². The van der Waals surface area contributed by atoms with E-state index in [0.29, 0.717) is 26.1 Å². The molecule has 1 N–H and O–H groups in total. The number of carbonyl (C=O) groups excluding carboxylic acids is 1. The van der Waals surface area contributed by atoms with Gasteiger partial charge in [0.25, 0.3) is 0 Å². The normalized spacial score (nSPS) is 25.7. The van der Waals surface area contributed by atoms with Crippen LogP contribution < -0.4 is 0 Å². The number of nitrogens with zero attached hydrogens (tertiary/aromatic N) is 3. The highest BCUT2D eigenvalue weighted by Crippen LogP contribution is 2.38. The van der Waals surface area contributed by atoms with Crippen LogP contribution in [-0.2, 0) is 22.5 Å². The van der Waals surface area contributed by atoms with Gasteiger partial charge in [0.05, 0.1) is 23.5 Å². The van der Waals surface area contributed by atoms with Crippen LogP contribution >= 0.6 is 0 Å². The number of hydrogen-bond donors (Lipinski definition) is 1. The number of piperidine rings is 1. The van der Waals surface area contributed by atoms with Gasteiger partial charge in [-0.25, -0.2) is 0 Å². The summed E-state index contributed by atoms with van der Waals surface area (Å²) in [4.78, 5) is 14.7. The number of likely N-dealkylation sites (tertiary alicyclic amines) is 1. The molecule has 146 valence electrons. The lowest BCUT2D eigenvalue weighted by Crippen LogP contribution is -2.54. The van der Waals surface area contributed by atoms with Gasteiger partial charge < -0.3 is 14.7 Å². The van der Waals surface area contributed by atoms with Crippen LogP contribution in [-0.4, -0.2) is 56.6 Å². The van der Waals surface area contributed by atoms with E-state index in [1.807, 2.05) is 23.4 Å². The van der Waals surface area contributed by atoms with E-state index in [1.54, 1.807) is 0 Å². The lowest BCUT2D eigenvalue weighted by molar-refractivity contribution is -0.184. The fraction of sp³-hybridized carbons (Fsp3) is 0.800. The molecular weight excluding hydrogens is 330 g/mol. The number of aromatic nitrogens is 2. The van der Waals surface area contributed by atoms with Crippen molar-refractivity contribution in [3.8, 4) is 0 Å². The Hall–Kier alpha value is -1.40. The smallest absolute Gasteiger partial charge is 0.244 e. The Morgan fingerprint density at radius 1 is 1.31 bits per heavy atom. The molecule has 26 heavy (non-hydrogen) atoms. The fourth-order valence-corrected chi connectivity index (χ4v) is 4.63. The minimum absolute atomic E-state index is 0.122. The van der Waals surface area contributed by atoms with Gasteiger partial charge in [0.15, 0.2) is 0 Å². The SMILES string of the molecule is CCc1c(C)nn(CC(=O)N2CCC3(CC2)C[C@H](O)C[C@H](CC)O3)c1C. The number of rotatable bonds is 4. The fourth-order valence-electron chi connectivity index (χ4n) is 4.63. The van der Waals surface area contributed by atoms with Crippen LogP contribution in [0.5, 0.6) is 0 Å². The molecule has 3 rings (SSSR count). The molecule has 1 aromatic rings. The molecule has 6 nitrogen and oxygen atoms in total. The quantitative estimate of drug-likeness (QED) is 0.892. The molecule has 0 bridgehead atoms. The molecular formula is C20H33N3O3. The maximum atomic E-state index is 12.8. The van der Waals surface area contributed by atoms with Gasteiger partial charge in [-0.05, 0) is 51.5 Å². The molecule has 2 fully saturated rings. The van der Waals surface area contributed by atoms with E-state index >= 15 is 0 Å². The van der Waals surface area contributed by atoms with Gasteiger partial charge in [0, 0.05) is 25.2 Å². The summed E-state index contributed by atoms with van der Waals surface area (Å²) in [6, 6.07) is 0. The number of ether oxygens (including phenoxy) is 1. The predicted octanol–water partition coefficient (Wildman–Crippen LogP) is 2.37. The van der Waals surface area contributed by atoms with Gasteiger partial charge in [0.2, 0.25) is 5.91 Å². The molecule has 2 aliphatic rings. The van der Waals surface area contributed by atoms with Crippen molar-refractivity contribution in [2.24, 2.45) is 0 Å². The van der Waals surface area contributed by atoms with Crippen LogP contribution in [0.15, 0.2) is 0 Å². The molecule has 2 atom stereocenters. The molecule has 0 aromatic carbocycles. The molecule has 0 radical (unpaired) electrons. The lowest BCUT2D eigenvalue weighted by Gasteiger charge is -2.47. The van der Waals surface area contributed by atoms with E-state index in [4.69, 9.17) is 4.74 Å². The first-order chi connectivity index (χ1) is 12.4. The average molecular weight is 364 g/mol. The maximum Gasteiger partial charge on any atom is 0.244 e. The Balaban J connectivity index is 1.60. The molecule has 1 spiro atoms. The molecule has 3 heterocycles. The second kappa shape index (κ2) is 7.69. The Labute approximate surface area is 156 Å². The highest BCUT2D eigenvalue weighted by atomic mass is 16.5. The Morgan fingerprint density at radius 3 is 2.58 bits per heavy atom. The van der Waals surface area contributed by atoms with Crippen molar-refractivity contribution in [1.82, 2.24) is 14.7 Å². The number of carbonyl (C=O) groups is 1. The monoisotopic (exact) mass is 363 g/mol. The number of aryl methyl sites for hydroxylation is 1. The van der Waals surface area contributed by atoms with Crippen LogP contribution in [0.2, 0.25) is 0 Å². The molecule has 0 saturated carbocycles. The van der Waals surface area contributed by atoms with Crippen molar-refractivity contribution < 1.29 is 14.6 Å². The Bertz CT molecular complexity index is 647. The largest absolute Gasteiger partial charge is 0.393 e. The van der Waals surface area contributed by atoms with E-state index < -0.39 is 0 Å². The summed E-state index contributed by atoms with van der Waals surface area (Å²) in [6.45, 7) is 9.97. The first-order valence-corrected chi connectivity index (χ1v) is 10.0. The van der Waals surface area contributed by atoms with Crippen molar-refractivity contribution in [2.45, 2.75) is 90.6 Å². The van der Waals surface area contributed by atoms with Gasteiger partial charge in [-0.2, -0.15) is 5.10 Å². The third kappa shape index (κ3) is 3.81. The molecule has 2 aliphatic heterocycles. The summed E-state index contributed by atoms with van der Waals surface area (Å²) in [6.07, 6.45) is 4.78. The van der Waals surface area contributed by atoms with Crippen LogP contribution in [0.4, 0.5) is 0 Å². The van der Waals surface area contributed by atoms with Crippen LogP contribution in [0.3, 0.4) is 0 Å². The summed E-state index contributed by atoms with van der Waals surface area (Å²) in [5.74, 6) is 0.122. The maximum absolute atomic E-state index is 12.8. The molecule has 1 amide bonds. The van der Waals surface area contributed by atoms with Crippen LogP contribution in [0, 0.1) is 13.8 Å².